The van der Waals surface area contributed by atoms with Gasteiger partial charge in [-0.15, -0.1) is 10.2 Å². The molecule has 130 valence electrons. The maximum atomic E-state index is 12.2. The molecule has 0 saturated carbocycles. The molecule has 1 atom stereocenters. The minimum absolute atomic E-state index is 0.144. The number of hydrogen-bond acceptors (Lipinski definition) is 6. The van der Waals surface area contributed by atoms with Gasteiger partial charge in [-0.05, 0) is 32.4 Å². The molecule has 9 heteroatoms. The second kappa shape index (κ2) is 7.82. The quantitative estimate of drug-likeness (QED) is 0.732. The van der Waals surface area contributed by atoms with Crippen molar-refractivity contribution >= 4 is 32.4 Å². The van der Waals surface area contributed by atoms with E-state index in [1.807, 2.05) is 19.9 Å². The fraction of sp³-hybridized carbons (Fsp3) is 0.400. The third-order valence-corrected chi connectivity index (χ3v) is 6.01. The Kier molecular flexibility index (Phi) is 6.03. The molecular weight excluding hydrogens is 348 g/mol. The summed E-state index contributed by atoms with van der Waals surface area (Å²) in [6, 6.07) is 6.89. The summed E-state index contributed by atoms with van der Waals surface area (Å²) in [4.78, 5) is 12.2. The second-order valence-electron chi connectivity index (χ2n) is 5.51. The molecule has 0 aliphatic carbocycles. The molecule has 0 radical (unpaired) electrons. The lowest BCUT2D eigenvalue weighted by Crippen LogP contribution is -2.32. The first-order valence-corrected chi connectivity index (χ1v) is 9.85. The van der Waals surface area contributed by atoms with Crippen molar-refractivity contribution in [2.24, 2.45) is 0 Å². The molecule has 24 heavy (non-hydrogen) atoms. The van der Waals surface area contributed by atoms with Crippen LogP contribution in [-0.4, -0.2) is 30.6 Å². The lowest BCUT2D eigenvalue weighted by atomic mass is 10.1. The summed E-state index contributed by atoms with van der Waals surface area (Å²) in [7, 11) is -3.72. The molecule has 1 heterocycles. The van der Waals surface area contributed by atoms with E-state index in [0.717, 1.165) is 29.7 Å². The van der Waals surface area contributed by atoms with Crippen LogP contribution in [-0.2, 0) is 10.0 Å². The van der Waals surface area contributed by atoms with Crippen molar-refractivity contribution in [2.75, 3.05) is 5.32 Å². The number of anilines is 1. The standard InChI is InChI=1S/C15H20N4O3S2/c1-4-6-11(3)19-24(21,22)15-18-17-14(23-15)16-13(20)12-8-5-7-10(2)9-12/h5,7-9,11,19H,4,6H2,1-3H3,(H,16,17,20)/t11-/m0/s1. The van der Waals surface area contributed by atoms with Crippen LogP contribution in [0.3, 0.4) is 0 Å². The van der Waals surface area contributed by atoms with Crippen LogP contribution in [0.2, 0.25) is 0 Å². The van der Waals surface area contributed by atoms with Crippen molar-refractivity contribution in [3.8, 4) is 0 Å². The van der Waals surface area contributed by atoms with Gasteiger partial charge in [0.25, 0.3) is 15.9 Å². The van der Waals surface area contributed by atoms with Gasteiger partial charge in [0.15, 0.2) is 0 Å². The van der Waals surface area contributed by atoms with E-state index >= 15 is 0 Å². The number of benzene rings is 1. The lowest BCUT2D eigenvalue weighted by Gasteiger charge is -2.10. The first-order chi connectivity index (χ1) is 11.3. The molecule has 0 aliphatic heterocycles. The van der Waals surface area contributed by atoms with Gasteiger partial charge in [0.2, 0.25) is 9.47 Å². The van der Waals surface area contributed by atoms with Crippen LogP contribution < -0.4 is 10.0 Å². The molecule has 2 rings (SSSR count). The molecule has 0 aliphatic rings. The first-order valence-electron chi connectivity index (χ1n) is 7.55. The molecular formula is C15H20N4O3S2. The summed E-state index contributed by atoms with van der Waals surface area (Å²) in [5.41, 5.74) is 1.43. The highest BCUT2D eigenvalue weighted by Gasteiger charge is 2.22. The average Bonchev–Trinajstić information content (AvgIpc) is 2.96. The van der Waals surface area contributed by atoms with Crippen molar-refractivity contribution in [1.82, 2.24) is 14.9 Å². The number of nitrogens with one attached hydrogen (secondary N) is 2. The zero-order valence-corrected chi connectivity index (χ0v) is 15.4. The number of sulfonamides is 1. The third-order valence-electron chi connectivity index (χ3n) is 3.22. The minimum atomic E-state index is -3.72. The Morgan fingerprint density at radius 3 is 2.75 bits per heavy atom. The fourth-order valence-corrected chi connectivity index (χ4v) is 4.32. The van der Waals surface area contributed by atoms with E-state index in [-0.39, 0.29) is 21.4 Å². The van der Waals surface area contributed by atoms with Gasteiger partial charge in [-0.3, -0.25) is 10.1 Å². The van der Waals surface area contributed by atoms with E-state index < -0.39 is 10.0 Å². The Hall–Kier alpha value is -1.84. The predicted octanol–water partition coefficient (Wildman–Crippen LogP) is 2.57. The van der Waals surface area contributed by atoms with Gasteiger partial charge in [-0.1, -0.05) is 42.4 Å². The minimum Gasteiger partial charge on any atom is -0.296 e. The molecule has 0 fully saturated rings. The van der Waals surface area contributed by atoms with Crippen LogP contribution in [0.25, 0.3) is 0 Å². The van der Waals surface area contributed by atoms with E-state index in [4.69, 9.17) is 0 Å². The number of carbonyl (C=O) groups excluding carboxylic acids is 1. The molecule has 2 N–H and O–H groups in total. The second-order valence-corrected chi connectivity index (χ2v) is 8.37. The van der Waals surface area contributed by atoms with Crippen molar-refractivity contribution < 1.29 is 13.2 Å². The maximum absolute atomic E-state index is 12.2. The van der Waals surface area contributed by atoms with Crippen molar-refractivity contribution in [3.05, 3.63) is 35.4 Å². The Bertz CT molecular complexity index is 818. The normalized spacial score (nSPS) is 12.8. The SMILES string of the molecule is CCC[C@H](C)NS(=O)(=O)c1nnc(NC(=O)c2cccc(C)c2)s1. The number of nitrogens with zero attached hydrogens (tertiary/aromatic N) is 2. The van der Waals surface area contributed by atoms with Crippen LogP contribution in [0.5, 0.6) is 0 Å². The number of hydrogen-bond donors (Lipinski definition) is 2. The van der Waals surface area contributed by atoms with Gasteiger partial charge >= 0.3 is 0 Å². The molecule has 0 bridgehead atoms. The van der Waals surface area contributed by atoms with E-state index in [9.17, 15) is 13.2 Å². The van der Waals surface area contributed by atoms with Crippen LogP contribution in [0.4, 0.5) is 5.13 Å². The van der Waals surface area contributed by atoms with Crippen LogP contribution in [0.1, 0.15) is 42.6 Å². The molecule has 1 aromatic heterocycles. The van der Waals surface area contributed by atoms with Gasteiger partial charge < -0.3 is 0 Å². The Morgan fingerprint density at radius 2 is 2.08 bits per heavy atom. The Labute approximate surface area is 145 Å². The molecule has 0 saturated heterocycles. The number of carbonyl (C=O) groups is 1. The smallest absolute Gasteiger partial charge is 0.270 e. The summed E-state index contributed by atoms with van der Waals surface area (Å²) in [5, 5.41) is 10.1. The van der Waals surface area contributed by atoms with Gasteiger partial charge in [0, 0.05) is 11.6 Å². The van der Waals surface area contributed by atoms with Crippen LogP contribution in [0.15, 0.2) is 28.6 Å². The summed E-state index contributed by atoms with van der Waals surface area (Å²) in [6.07, 6.45) is 1.60. The third kappa shape index (κ3) is 4.83. The first kappa shape index (κ1) is 18.5. The lowest BCUT2D eigenvalue weighted by molar-refractivity contribution is 0.102. The molecule has 1 amide bonds. The summed E-state index contributed by atoms with van der Waals surface area (Å²) < 4.78 is 26.8. The van der Waals surface area contributed by atoms with E-state index in [0.29, 0.717) is 5.56 Å². The molecule has 2 aromatic rings. The van der Waals surface area contributed by atoms with Gasteiger partial charge in [-0.25, -0.2) is 13.1 Å². The predicted molar refractivity (Wildman–Crippen MR) is 93.7 cm³/mol. The van der Waals surface area contributed by atoms with Crippen LogP contribution >= 0.6 is 11.3 Å². The average molecular weight is 368 g/mol. The highest BCUT2D eigenvalue weighted by molar-refractivity contribution is 7.91. The number of amides is 1. The Morgan fingerprint density at radius 1 is 1.33 bits per heavy atom. The maximum Gasteiger partial charge on any atom is 0.270 e. The van der Waals surface area contributed by atoms with Gasteiger partial charge in [0.05, 0.1) is 0 Å². The summed E-state index contributed by atoms with van der Waals surface area (Å²) in [5.74, 6) is -0.355. The topological polar surface area (TPSA) is 101 Å². The van der Waals surface area contributed by atoms with Crippen molar-refractivity contribution in [2.45, 2.75) is 44.0 Å². The Balaban J connectivity index is 2.09. The zero-order valence-electron chi connectivity index (χ0n) is 13.7. The van der Waals surface area contributed by atoms with E-state index in [1.54, 1.807) is 25.1 Å². The van der Waals surface area contributed by atoms with Crippen LogP contribution in [0, 0.1) is 6.92 Å². The highest BCUT2D eigenvalue weighted by Crippen LogP contribution is 2.21. The fourth-order valence-electron chi connectivity index (χ4n) is 2.13. The molecule has 0 spiro atoms. The van der Waals surface area contributed by atoms with E-state index in [2.05, 4.69) is 20.2 Å². The van der Waals surface area contributed by atoms with Gasteiger partial charge in [-0.2, -0.15) is 0 Å². The van der Waals surface area contributed by atoms with E-state index in [1.165, 1.54) is 0 Å². The summed E-state index contributed by atoms with van der Waals surface area (Å²) >= 11 is 0.822. The van der Waals surface area contributed by atoms with Gasteiger partial charge in [0.1, 0.15) is 0 Å². The van der Waals surface area contributed by atoms with Crippen molar-refractivity contribution in [1.29, 1.82) is 0 Å². The molecule has 1 aromatic carbocycles. The zero-order chi connectivity index (χ0) is 17.7. The monoisotopic (exact) mass is 368 g/mol. The largest absolute Gasteiger partial charge is 0.296 e. The molecule has 0 unspecified atom stereocenters. The number of aryl methyl sites for hydroxylation is 1. The summed E-state index contributed by atoms with van der Waals surface area (Å²) in [6.45, 7) is 5.66. The van der Waals surface area contributed by atoms with Crippen molar-refractivity contribution in [3.63, 3.8) is 0 Å². The number of rotatable bonds is 7. The molecule has 7 nitrogen and oxygen atoms in total. The highest BCUT2D eigenvalue weighted by atomic mass is 32.2. The number of aromatic nitrogens is 2.